The van der Waals surface area contributed by atoms with E-state index in [4.69, 9.17) is 4.74 Å². The Labute approximate surface area is 151 Å². The first kappa shape index (κ1) is 19.4. The van der Waals surface area contributed by atoms with Crippen molar-refractivity contribution in [2.75, 3.05) is 18.5 Å². The summed E-state index contributed by atoms with van der Waals surface area (Å²) in [5.41, 5.74) is 1.81. The van der Waals surface area contributed by atoms with Crippen LogP contribution in [0.25, 0.3) is 0 Å². The number of anilines is 1. The lowest BCUT2D eigenvalue weighted by molar-refractivity contribution is -0.158. The maximum absolute atomic E-state index is 12.3. The molecule has 0 spiro atoms. The highest BCUT2D eigenvalue weighted by molar-refractivity contribution is 6.01. The molecule has 0 saturated carbocycles. The van der Waals surface area contributed by atoms with E-state index in [1.165, 1.54) is 14.0 Å². The minimum atomic E-state index is -1.13. The maximum Gasteiger partial charge on any atom is 0.321 e. The molecule has 8 heteroatoms. The summed E-state index contributed by atoms with van der Waals surface area (Å²) >= 11 is 0. The Morgan fingerprint density at radius 1 is 1.31 bits per heavy atom. The molecule has 1 fully saturated rings. The van der Waals surface area contributed by atoms with Crippen LogP contribution in [0.15, 0.2) is 24.3 Å². The predicted molar refractivity (Wildman–Crippen MR) is 94.4 cm³/mol. The van der Waals surface area contributed by atoms with Crippen LogP contribution < -0.4 is 15.5 Å². The highest BCUT2D eigenvalue weighted by atomic mass is 16.5. The fourth-order valence-electron chi connectivity index (χ4n) is 2.77. The van der Waals surface area contributed by atoms with E-state index >= 15 is 0 Å². The Bertz CT molecular complexity index is 719. The molecule has 1 aliphatic heterocycles. The topological polar surface area (TPSA) is 105 Å². The molecule has 0 aromatic heterocycles. The third kappa shape index (κ3) is 4.38. The first-order valence-electron chi connectivity index (χ1n) is 8.48. The number of ether oxygens (including phenoxy) is 1. The Kier molecular flexibility index (Phi) is 6.32. The Hall–Kier alpha value is -2.90. The van der Waals surface area contributed by atoms with Gasteiger partial charge in [0.2, 0.25) is 5.91 Å². The fraction of sp³-hybridized carbons (Fsp3) is 0.444. The SMILES string of the molecule is CCc1ccccc1N1C[C@H](C(=O)O[C@H](C)C(=O)NC(=O)NC)CC1=O. The zero-order valence-corrected chi connectivity index (χ0v) is 15.1. The summed E-state index contributed by atoms with van der Waals surface area (Å²) in [4.78, 5) is 49.1. The van der Waals surface area contributed by atoms with Crippen molar-refractivity contribution < 1.29 is 23.9 Å². The van der Waals surface area contributed by atoms with Gasteiger partial charge in [-0.15, -0.1) is 0 Å². The second-order valence-electron chi connectivity index (χ2n) is 6.04. The molecular weight excluding hydrogens is 338 g/mol. The predicted octanol–water partition coefficient (Wildman–Crippen LogP) is 0.989. The van der Waals surface area contributed by atoms with Gasteiger partial charge in [-0.25, -0.2) is 4.79 Å². The van der Waals surface area contributed by atoms with Gasteiger partial charge < -0.3 is 15.0 Å². The van der Waals surface area contributed by atoms with Crippen molar-refractivity contribution in [1.82, 2.24) is 10.6 Å². The lowest BCUT2D eigenvalue weighted by Crippen LogP contribution is -2.44. The van der Waals surface area contributed by atoms with Crippen molar-refractivity contribution in [3.63, 3.8) is 0 Å². The number of amides is 4. The number of rotatable bonds is 5. The monoisotopic (exact) mass is 361 g/mol. The zero-order valence-electron chi connectivity index (χ0n) is 15.1. The number of aryl methyl sites for hydroxylation is 1. The van der Waals surface area contributed by atoms with E-state index in [1.54, 1.807) is 4.90 Å². The van der Waals surface area contributed by atoms with Crippen LogP contribution in [0, 0.1) is 5.92 Å². The minimum Gasteiger partial charge on any atom is -0.452 e. The van der Waals surface area contributed by atoms with E-state index < -0.39 is 29.9 Å². The van der Waals surface area contributed by atoms with Crippen LogP contribution in [0.4, 0.5) is 10.5 Å². The molecule has 0 aliphatic carbocycles. The Morgan fingerprint density at radius 2 is 2.00 bits per heavy atom. The third-order valence-corrected chi connectivity index (χ3v) is 4.25. The molecule has 1 aromatic carbocycles. The number of imide groups is 1. The first-order chi connectivity index (χ1) is 12.4. The molecule has 0 unspecified atom stereocenters. The minimum absolute atomic E-state index is 0.0284. The van der Waals surface area contributed by atoms with Crippen LogP contribution in [0.1, 0.15) is 25.8 Å². The number of urea groups is 1. The van der Waals surface area contributed by atoms with Crippen molar-refractivity contribution in [2.24, 2.45) is 5.92 Å². The van der Waals surface area contributed by atoms with Crippen LogP contribution in [-0.4, -0.2) is 43.5 Å². The summed E-state index contributed by atoms with van der Waals surface area (Å²) in [6.07, 6.45) is -0.334. The molecule has 0 radical (unpaired) electrons. The van der Waals surface area contributed by atoms with Gasteiger partial charge in [-0.1, -0.05) is 25.1 Å². The average Bonchev–Trinajstić information content (AvgIpc) is 3.03. The Morgan fingerprint density at radius 3 is 2.65 bits per heavy atom. The number of benzene rings is 1. The molecule has 140 valence electrons. The van der Waals surface area contributed by atoms with Crippen molar-refractivity contribution in [2.45, 2.75) is 32.8 Å². The quantitative estimate of drug-likeness (QED) is 0.761. The second kappa shape index (κ2) is 8.46. The van der Waals surface area contributed by atoms with E-state index in [2.05, 4.69) is 5.32 Å². The summed E-state index contributed by atoms with van der Waals surface area (Å²) in [7, 11) is 1.37. The van der Waals surface area contributed by atoms with Crippen molar-refractivity contribution in [3.05, 3.63) is 29.8 Å². The first-order valence-corrected chi connectivity index (χ1v) is 8.48. The van der Waals surface area contributed by atoms with Crippen LogP contribution in [0.3, 0.4) is 0 Å². The molecule has 8 nitrogen and oxygen atoms in total. The Balaban J connectivity index is 2.00. The average molecular weight is 361 g/mol. The summed E-state index contributed by atoms with van der Waals surface area (Å²) in [6, 6.07) is 6.86. The number of hydrogen-bond donors (Lipinski definition) is 2. The molecule has 1 aliphatic rings. The summed E-state index contributed by atoms with van der Waals surface area (Å²) in [6.45, 7) is 3.58. The van der Waals surface area contributed by atoms with Crippen molar-refractivity contribution in [1.29, 1.82) is 0 Å². The van der Waals surface area contributed by atoms with Crippen LogP contribution >= 0.6 is 0 Å². The summed E-state index contributed by atoms with van der Waals surface area (Å²) in [5.74, 6) is -2.16. The van der Waals surface area contributed by atoms with E-state index in [-0.39, 0.29) is 18.9 Å². The van der Waals surface area contributed by atoms with Gasteiger partial charge in [0.15, 0.2) is 6.10 Å². The number of hydrogen-bond acceptors (Lipinski definition) is 5. The molecule has 4 amide bonds. The third-order valence-electron chi connectivity index (χ3n) is 4.25. The highest BCUT2D eigenvalue weighted by Crippen LogP contribution is 2.29. The van der Waals surface area contributed by atoms with E-state index in [9.17, 15) is 19.2 Å². The van der Waals surface area contributed by atoms with Gasteiger partial charge in [-0.2, -0.15) is 0 Å². The summed E-state index contributed by atoms with van der Waals surface area (Å²) in [5, 5.41) is 4.28. The van der Waals surface area contributed by atoms with Gasteiger partial charge >= 0.3 is 12.0 Å². The normalized spacial score (nSPS) is 17.6. The molecule has 2 N–H and O–H groups in total. The second-order valence-corrected chi connectivity index (χ2v) is 6.04. The standard InChI is InChI=1S/C18H23N3O5/c1-4-12-7-5-6-8-14(12)21-10-13(9-15(21)22)17(24)26-11(2)16(23)20-18(25)19-3/h5-8,11,13H,4,9-10H2,1-3H3,(H2,19,20,23,25)/t11-,13-/m1/s1. The van der Waals surface area contributed by atoms with Gasteiger partial charge in [0.25, 0.3) is 5.91 Å². The molecule has 1 aromatic rings. The van der Waals surface area contributed by atoms with Crippen molar-refractivity contribution >= 4 is 29.5 Å². The molecule has 1 saturated heterocycles. The molecule has 1 heterocycles. The fourth-order valence-corrected chi connectivity index (χ4v) is 2.77. The zero-order chi connectivity index (χ0) is 19.3. The number of carbonyl (C=O) groups excluding carboxylic acids is 4. The van der Waals surface area contributed by atoms with Gasteiger partial charge in [-0.05, 0) is 25.0 Å². The number of esters is 1. The largest absolute Gasteiger partial charge is 0.452 e. The molecular formula is C18H23N3O5. The van der Waals surface area contributed by atoms with Crippen molar-refractivity contribution in [3.8, 4) is 0 Å². The number of para-hydroxylation sites is 1. The smallest absolute Gasteiger partial charge is 0.321 e. The highest BCUT2D eigenvalue weighted by Gasteiger charge is 2.37. The number of nitrogens with one attached hydrogen (secondary N) is 2. The van der Waals surface area contributed by atoms with E-state index in [0.29, 0.717) is 0 Å². The van der Waals surface area contributed by atoms with E-state index in [0.717, 1.165) is 17.7 Å². The lowest BCUT2D eigenvalue weighted by Gasteiger charge is -2.20. The molecule has 2 atom stereocenters. The number of nitrogens with zero attached hydrogens (tertiary/aromatic N) is 1. The molecule has 0 bridgehead atoms. The summed E-state index contributed by atoms with van der Waals surface area (Å²) < 4.78 is 5.12. The van der Waals surface area contributed by atoms with Gasteiger partial charge in [-0.3, -0.25) is 19.7 Å². The lowest BCUT2D eigenvalue weighted by atomic mass is 10.1. The van der Waals surface area contributed by atoms with Gasteiger partial charge in [0.05, 0.1) is 5.92 Å². The van der Waals surface area contributed by atoms with Crippen LogP contribution in [0.5, 0.6) is 0 Å². The molecule has 26 heavy (non-hydrogen) atoms. The molecule has 2 rings (SSSR count). The van der Waals surface area contributed by atoms with Gasteiger partial charge in [0, 0.05) is 25.7 Å². The van der Waals surface area contributed by atoms with Gasteiger partial charge in [0.1, 0.15) is 0 Å². The van der Waals surface area contributed by atoms with Crippen LogP contribution in [0.2, 0.25) is 0 Å². The van der Waals surface area contributed by atoms with Crippen LogP contribution in [-0.2, 0) is 25.5 Å². The van der Waals surface area contributed by atoms with E-state index in [1.807, 2.05) is 36.5 Å². The maximum atomic E-state index is 12.3. The number of carbonyl (C=O) groups is 4.